The fourth-order valence-corrected chi connectivity index (χ4v) is 7.55. The first-order chi connectivity index (χ1) is 22.6. The third-order valence-corrected chi connectivity index (χ3v) is 9.81. The monoisotopic (exact) mass is 592 g/mol. The minimum atomic E-state index is -0.0427. The van der Waals surface area contributed by atoms with Crippen LogP contribution in [-0.4, -0.2) is 19.5 Å². The highest BCUT2D eigenvalue weighted by Gasteiger charge is 2.38. The van der Waals surface area contributed by atoms with Crippen LogP contribution >= 0.6 is 0 Å². The molecule has 7 aromatic rings. The second-order valence-electron chi connectivity index (χ2n) is 12.8. The molecule has 0 spiro atoms. The van der Waals surface area contributed by atoms with Crippen LogP contribution in [0.4, 0.5) is 0 Å². The van der Waals surface area contributed by atoms with Gasteiger partial charge in [-0.05, 0) is 58.9 Å². The summed E-state index contributed by atoms with van der Waals surface area (Å²) in [6, 6.07) is 42.5. The van der Waals surface area contributed by atoms with Crippen molar-refractivity contribution in [2.24, 2.45) is 0 Å². The van der Waals surface area contributed by atoms with E-state index >= 15 is 0 Å². The molecule has 0 atom stereocenters. The predicted octanol–water partition coefficient (Wildman–Crippen LogP) is 10.4. The molecule has 0 saturated carbocycles. The number of para-hydroxylation sites is 1. The first-order valence-corrected chi connectivity index (χ1v) is 16.0. The SMILES string of the molecule is CC1(C)C2=C(C=CCC2)c2cc3c4ccccc4n(-c4nc(-c5ccccc5)nc(-c5ccccc5-c5ccccc5)n4)c3cc21. The summed E-state index contributed by atoms with van der Waals surface area (Å²) in [5.74, 6) is 1.92. The van der Waals surface area contributed by atoms with Gasteiger partial charge in [-0.25, -0.2) is 4.98 Å². The van der Waals surface area contributed by atoms with Gasteiger partial charge in [0.2, 0.25) is 5.95 Å². The van der Waals surface area contributed by atoms with Gasteiger partial charge in [0.25, 0.3) is 0 Å². The van der Waals surface area contributed by atoms with Gasteiger partial charge in [0.05, 0.1) is 11.0 Å². The van der Waals surface area contributed by atoms with E-state index in [1.54, 1.807) is 5.57 Å². The van der Waals surface area contributed by atoms with Gasteiger partial charge in [0, 0.05) is 27.3 Å². The van der Waals surface area contributed by atoms with Crippen molar-refractivity contribution >= 4 is 27.4 Å². The zero-order valence-electron chi connectivity index (χ0n) is 25.9. The van der Waals surface area contributed by atoms with Gasteiger partial charge in [-0.2, -0.15) is 9.97 Å². The highest BCUT2D eigenvalue weighted by molar-refractivity contribution is 6.11. The number of allylic oxidation sites excluding steroid dienone is 4. The van der Waals surface area contributed by atoms with E-state index in [0.29, 0.717) is 17.6 Å². The van der Waals surface area contributed by atoms with Crippen molar-refractivity contribution < 1.29 is 0 Å². The summed E-state index contributed by atoms with van der Waals surface area (Å²) < 4.78 is 2.25. The summed E-state index contributed by atoms with van der Waals surface area (Å²) in [5, 5.41) is 2.41. The van der Waals surface area contributed by atoms with Crippen molar-refractivity contribution in [1.29, 1.82) is 0 Å². The molecule has 0 amide bonds. The molecule has 2 aliphatic rings. The van der Waals surface area contributed by atoms with Crippen LogP contribution < -0.4 is 0 Å². The molecule has 2 aliphatic carbocycles. The van der Waals surface area contributed by atoms with Crippen molar-refractivity contribution in [2.75, 3.05) is 0 Å². The molecular formula is C42H32N4. The first-order valence-electron chi connectivity index (χ1n) is 16.0. The Balaban J connectivity index is 1.34. The van der Waals surface area contributed by atoms with Crippen LogP contribution in [0.2, 0.25) is 0 Å². The van der Waals surface area contributed by atoms with Crippen LogP contribution in [-0.2, 0) is 5.41 Å². The van der Waals surface area contributed by atoms with Crippen molar-refractivity contribution in [3.63, 3.8) is 0 Å². The molecule has 2 heterocycles. The molecular weight excluding hydrogens is 560 g/mol. The number of fused-ring (bicyclic) bond motifs is 5. The number of hydrogen-bond donors (Lipinski definition) is 0. The average Bonchev–Trinajstić information content (AvgIpc) is 3.56. The Bertz CT molecular complexity index is 2380. The standard InChI is InChI=1S/C42H32N4/c1-42(2)35-23-13-11-20-30(35)33-25-34-31-21-12-14-24-37(31)46(38(34)26-36(33)42)41-44-39(28-17-7-4-8-18-28)43-40(45-41)32-22-10-9-19-29(32)27-15-5-3-6-16-27/h3-12,14-22,24-26H,13,23H2,1-2H3. The lowest BCUT2D eigenvalue weighted by Gasteiger charge is -2.25. The van der Waals surface area contributed by atoms with Crippen molar-refractivity contribution in [3.05, 3.63) is 150 Å². The Hall–Kier alpha value is -5.61. The van der Waals surface area contributed by atoms with Crippen LogP contribution in [0.1, 0.15) is 37.8 Å². The molecule has 0 radical (unpaired) electrons. The van der Waals surface area contributed by atoms with Crippen LogP contribution in [0, 0.1) is 0 Å². The highest BCUT2D eigenvalue weighted by Crippen LogP contribution is 2.52. The van der Waals surface area contributed by atoms with Crippen LogP contribution in [0.3, 0.4) is 0 Å². The number of aromatic nitrogens is 4. The molecule has 0 fully saturated rings. The van der Waals surface area contributed by atoms with Crippen LogP contribution in [0.15, 0.2) is 139 Å². The number of nitrogens with zero attached hydrogens (tertiary/aromatic N) is 4. The smallest absolute Gasteiger partial charge is 0.238 e. The molecule has 4 heteroatoms. The van der Waals surface area contributed by atoms with Gasteiger partial charge >= 0.3 is 0 Å². The van der Waals surface area contributed by atoms with Gasteiger partial charge in [-0.3, -0.25) is 4.57 Å². The summed E-state index contributed by atoms with van der Waals surface area (Å²) in [6.07, 6.45) is 6.87. The molecule has 0 saturated heterocycles. The van der Waals surface area contributed by atoms with Gasteiger partial charge in [-0.15, -0.1) is 0 Å². The van der Waals surface area contributed by atoms with Crippen molar-refractivity contribution in [2.45, 2.75) is 32.1 Å². The molecule has 220 valence electrons. The third-order valence-electron chi connectivity index (χ3n) is 9.81. The summed E-state index contributed by atoms with van der Waals surface area (Å²) in [7, 11) is 0. The Labute approximate surface area is 268 Å². The van der Waals surface area contributed by atoms with Crippen LogP contribution in [0.5, 0.6) is 0 Å². The number of rotatable bonds is 4. The van der Waals surface area contributed by atoms with Crippen LogP contribution in [0.25, 0.3) is 67.2 Å². The molecule has 9 rings (SSSR count). The van der Waals surface area contributed by atoms with Gasteiger partial charge in [0.1, 0.15) is 0 Å². The lowest BCUT2D eigenvalue weighted by molar-refractivity contribution is 0.608. The molecule has 46 heavy (non-hydrogen) atoms. The summed E-state index contributed by atoms with van der Waals surface area (Å²) in [4.78, 5) is 15.6. The van der Waals surface area contributed by atoms with Crippen molar-refractivity contribution in [3.8, 4) is 39.9 Å². The van der Waals surface area contributed by atoms with E-state index in [-0.39, 0.29) is 5.41 Å². The molecule has 2 aromatic heterocycles. The maximum absolute atomic E-state index is 5.28. The third kappa shape index (κ3) is 4.03. The quantitative estimate of drug-likeness (QED) is 0.204. The zero-order valence-corrected chi connectivity index (χ0v) is 25.9. The van der Waals surface area contributed by atoms with Gasteiger partial charge in [-0.1, -0.05) is 135 Å². The largest absolute Gasteiger partial charge is 0.278 e. The average molecular weight is 593 g/mol. The molecule has 0 bridgehead atoms. The summed E-state index contributed by atoms with van der Waals surface area (Å²) in [6.45, 7) is 4.75. The Morgan fingerprint density at radius 1 is 0.587 bits per heavy atom. The van der Waals surface area contributed by atoms with E-state index in [2.05, 4.69) is 128 Å². The maximum atomic E-state index is 5.28. The summed E-state index contributed by atoms with van der Waals surface area (Å²) >= 11 is 0. The second-order valence-corrected chi connectivity index (χ2v) is 12.8. The van der Waals surface area contributed by atoms with E-state index < -0.39 is 0 Å². The molecule has 4 nitrogen and oxygen atoms in total. The van der Waals surface area contributed by atoms with E-state index in [1.807, 2.05) is 24.3 Å². The second kappa shape index (κ2) is 10.2. The van der Waals surface area contributed by atoms with Gasteiger partial charge in [0.15, 0.2) is 11.6 Å². The van der Waals surface area contributed by atoms with Crippen molar-refractivity contribution in [1.82, 2.24) is 19.5 Å². The zero-order chi connectivity index (χ0) is 30.8. The molecule has 0 N–H and O–H groups in total. The summed E-state index contributed by atoms with van der Waals surface area (Å²) in [5.41, 5.74) is 12.0. The number of hydrogen-bond acceptors (Lipinski definition) is 3. The van der Waals surface area contributed by atoms with E-state index in [9.17, 15) is 0 Å². The van der Waals surface area contributed by atoms with Gasteiger partial charge < -0.3 is 0 Å². The fraction of sp³-hybridized carbons (Fsp3) is 0.119. The van der Waals surface area contributed by atoms with E-state index in [1.165, 1.54) is 27.5 Å². The minimum Gasteiger partial charge on any atom is -0.278 e. The fourth-order valence-electron chi connectivity index (χ4n) is 7.55. The topological polar surface area (TPSA) is 43.6 Å². The minimum absolute atomic E-state index is 0.0427. The predicted molar refractivity (Wildman–Crippen MR) is 189 cm³/mol. The Kier molecular flexibility index (Phi) is 5.94. The van der Waals surface area contributed by atoms with E-state index in [0.717, 1.165) is 46.1 Å². The Morgan fingerprint density at radius 2 is 1.26 bits per heavy atom. The first kappa shape index (κ1) is 26.8. The normalized spacial score (nSPS) is 15.0. The highest BCUT2D eigenvalue weighted by atomic mass is 15.2. The molecule has 5 aromatic carbocycles. The number of benzene rings is 5. The molecule has 0 unspecified atom stereocenters. The lowest BCUT2D eigenvalue weighted by Crippen LogP contribution is -2.18. The van der Waals surface area contributed by atoms with E-state index in [4.69, 9.17) is 15.0 Å². The lowest BCUT2D eigenvalue weighted by atomic mass is 9.78. The Morgan fingerprint density at radius 3 is 2.07 bits per heavy atom. The maximum Gasteiger partial charge on any atom is 0.238 e. The molecule has 0 aliphatic heterocycles.